The SMILES string of the molecule is CC(=O)n1cc(C(=O)NCCc2c[nH]c3ccccc23)c2ccc(F)cc21. The van der Waals surface area contributed by atoms with Crippen molar-refractivity contribution in [2.24, 2.45) is 0 Å². The summed E-state index contributed by atoms with van der Waals surface area (Å²) in [6.45, 7) is 1.83. The summed E-state index contributed by atoms with van der Waals surface area (Å²) in [5, 5.41) is 4.58. The van der Waals surface area contributed by atoms with Crippen molar-refractivity contribution >= 4 is 33.6 Å². The maximum absolute atomic E-state index is 13.5. The van der Waals surface area contributed by atoms with Crippen LogP contribution in [0.25, 0.3) is 21.8 Å². The summed E-state index contributed by atoms with van der Waals surface area (Å²) in [6.07, 6.45) is 4.09. The van der Waals surface area contributed by atoms with E-state index in [-0.39, 0.29) is 11.8 Å². The molecule has 136 valence electrons. The summed E-state index contributed by atoms with van der Waals surface area (Å²) >= 11 is 0. The van der Waals surface area contributed by atoms with Crippen LogP contribution in [0.15, 0.2) is 54.9 Å². The number of fused-ring (bicyclic) bond motifs is 2. The van der Waals surface area contributed by atoms with E-state index in [1.165, 1.54) is 35.9 Å². The van der Waals surface area contributed by atoms with Gasteiger partial charge in [-0.1, -0.05) is 18.2 Å². The molecule has 0 saturated carbocycles. The molecular formula is C21H18FN3O2. The lowest BCUT2D eigenvalue weighted by Gasteiger charge is -2.04. The number of hydrogen-bond acceptors (Lipinski definition) is 2. The van der Waals surface area contributed by atoms with Gasteiger partial charge < -0.3 is 10.3 Å². The van der Waals surface area contributed by atoms with Crippen molar-refractivity contribution in [3.8, 4) is 0 Å². The van der Waals surface area contributed by atoms with Crippen molar-refractivity contribution in [1.82, 2.24) is 14.9 Å². The summed E-state index contributed by atoms with van der Waals surface area (Å²) < 4.78 is 14.8. The van der Waals surface area contributed by atoms with Crippen molar-refractivity contribution in [2.45, 2.75) is 13.3 Å². The van der Waals surface area contributed by atoms with E-state index >= 15 is 0 Å². The first-order valence-electron chi connectivity index (χ1n) is 8.69. The number of aromatic amines is 1. The highest BCUT2D eigenvalue weighted by atomic mass is 19.1. The van der Waals surface area contributed by atoms with Crippen LogP contribution in [0.4, 0.5) is 4.39 Å². The van der Waals surface area contributed by atoms with E-state index in [1.54, 1.807) is 0 Å². The molecule has 0 fully saturated rings. The van der Waals surface area contributed by atoms with Gasteiger partial charge in [-0.25, -0.2) is 4.39 Å². The Balaban J connectivity index is 1.54. The molecule has 4 rings (SSSR count). The van der Waals surface area contributed by atoms with E-state index in [1.807, 2.05) is 30.5 Å². The zero-order valence-corrected chi connectivity index (χ0v) is 14.8. The van der Waals surface area contributed by atoms with Crippen LogP contribution in [0.1, 0.15) is 27.6 Å². The summed E-state index contributed by atoms with van der Waals surface area (Å²) in [6, 6.07) is 12.1. The highest BCUT2D eigenvalue weighted by Gasteiger charge is 2.17. The lowest BCUT2D eigenvalue weighted by atomic mass is 10.1. The van der Waals surface area contributed by atoms with Crippen LogP contribution in [0.5, 0.6) is 0 Å². The summed E-state index contributed by atoms with van der Waals surface area (Å²) in [5.74, 6) is -1.01. The molecule has 0 spiro atoms. The minimum Gasteiger partial charge on any atom is -0.361 e. The van der Waals surface area contributed by atoms with Crippen LogP contribution in [-0.2, 0) is 6.42 Å². The number of carbonyl (C=O) groups excluding carboxylic acids is 2. The molecule has 0 bridgehead atoms. The Bertz CT molecular complexity index is 1170. The minimum absolute atomic E-state index is 0.275. The molecule has 5 nitrogen and oxygen atoms in total. The van der Waals surface area contributed by atoms with Crippen molar-refractivity contribution in [3.63, 3.8) is 0 Å². The van der Waals surface area contributed by atoms with Gasteiger partial charge in [-0.3, -0.25) is 14.2 Å². The minimum atomic E-state index is -0.450. The zero-order chi connectivity index (χ0) is 19.0. The van der Waals surface area contributed by atoms with E-state index in [4.69, 9.17) is 0 Å². The quantitative estimate of drug-likeness (QED) is 0.578. The van der Waals surface area contributed by atoms with Crippen LogP contribution < -0.4 is 5.32 Å². The second-order valence-electron chi connectivity index (χ2n) is 6.46. The normalized spacial score (nSPS) is 11.2. The number of rotatable bonds is 4. The van der Waals surface area contributed by atoms with Crippen LogP contribution in [0, 0.1) is 5.82 Å². The molecule has 2 heterocycles. The molecule has 2 N–H and O–H groups in total. The van der Waals surface area contributed by atoms with Gasteiger partial charge in [0.25, 0.3) is 5.91 Å². The highest BCUT2D eigenvalue weighted by Crippen LogP contribution is 2.23. The van der Waals surface area contributed by atoms with Crippen LogP contribution in [-0.4, -0.2) is 27.9 Å². The van der Waals surface area contributed by atoms with Crippen molar-refractivity contribution in [3.05, 3.63) is 71.8 Å². The average Bonchev–Trinajstić information content (AvgIpc) is 3.23. The fraction of sp³-hybridized carbons (Fsp3) is 0.143. The molecule has 0 aliphatic heterocycles. The van der Waals surface area contributed by atoms with E-state index in [0.29, 0.717) is 29.4 Å². The zero-order valence-electron chi connectivity index (χ0n) is 14.8. The lowest BCUT2D eigenvalue weighted by molar-refractivity contribution is 0.0941. The smallest absolute Gasteiger partial charge is 0.253 e. The predicted molar refractivity (Wildman–Crippen MR) is 103 cm³/mol. The topological polar surface area (TPSA) is 66.9 Å². The second kappa shape index (κ2) is 6.72. The molecule has 0 unspecified atom stereocenters. The predicted octanol–water partition coefficient (Wildman–Crippen LogP) is 3.89. The fourth-order valence-corrected chi connectivity index (χ4v) is 3.39. The van der Waals surface area contributed by atoms with Gasteiger partial charge in [0.2, 0.25) is 5.91 Å². The molecule has 0 aliphatic rings. The number of H-pyrrole nitrogens is 1. The maximum atomic E-state index is 13.5. The Morgan fingerprint density at radius 3 is 2.78 bits per heavy atom. The molecule has 27 heavy (non-hydrogen) atoms. The molecule has 2 aromatic carbocycles. The lowest BCUT2D eigenvalue weighted by Crippen LogP contribution is -2.25. The van der Waals surface area contributed by atoms with Gasteiger partial charge in [-0.05, 0) is 36.2 Å². The number of para-hydroxylation sites is 1. The van der Waals surface area contributed by atoms with E-state index in [0.717, 1.165) is 16.5 Å². The molecule has 0 aliphatic carbocycles. The molecular weight excluding hydrogens is 345 g/mol. The van der Waals surface area contributed by atoms with Crippen molar-refractivity contribution < 1.29 is 14.0 Å². The third kappa shape index (κ3) is 3.10. The van der Waals surface area contributed by atoms with Crippen LogP contribution in [0.2, 0.25) is 0 Å². The number of nitrogens with one attached hydrogen (secondary N) is 2. The van der Waals surface area contributed by atoms with Gasteiger partial charge in [0.05, 0.1) is 11.1 Å². The number of benzene rings is 2. The first-order valence-corrected chi connectivity index (χ1v) is 8.69. The molecule has 2 aromatic heterocycles. The van der Waals surface area contributed by atoms with Crippen LogP contribution in [0.3, 0.4) is 0 Å². The van der Waals surface area contributed by atoms with E-state index in [9.17, 15) is 14.0 Å². The molecule has 0 atom stereocenters. The Kier molecular flexibility index (Phi) is 4.24. The van der Waals surface area contributed by atoms with Gasteiger partial charge in [0, 0.05) is 42.2 Å². The number of aromatic nitrogens is 2. The molecule has 1 amide bonds. The standard InChI is InChI=1S/C21H18FN3O2/c1-13(26)25-12-18(17-7-6-15(22)10-20(17)25)21(27)23-9-8-14-11-24-19-5-3-2-4-16(14)19/h2-7,10-12,24H,8-9H2,1H3,(H,23,27). The van der Waals surface area contributed by atoms with Gasteiger partial charge in [-0.2, -0.15) is 0 Å². The van der Waals surface area contributed by atoms with Gasteiger partial charge in [-0.15, -0.1) is 0 Å². The molecule has 0 radical (unpaired) electrons. The van der Waals surface area contributed by atoms with E-state index < -0.39 is 5.82 Å². The molecule has 4 aromatic rings. The number of hydrogen-bond donors (Lipinski definition) is 2. The summed E-state index contributed by atoms with van der Waals surface area (Å²) in [4.78, 5) is 27.7. The molecule has 0 saturated heterocycles. The van der Waals surface area contributed by atoms with Crippen molar-refractivity contribution in [2.75, 3.05) is 6.54 Å². The number of nitrogens with zero attached hydrogens (tertiary/aromatic N) is 1. The summed E-state index contributed by atoms with van der Waals surface area (Å²) in [5.41, 5.74) is 2.94. The monoisotopic (exact) mass is 363 g/mol. The largest absolute Gasteiger partial charge is 0.361 e. The Morgan fingerprint density at radius 2 is 1.96 bits per heavy atom. The van der Waals surface area contributed by atoms with E-state index in [2.05, 4.69) is 10.3 Å². The molecule has 6 heteroatoms. The van der Waals surface area contributed by atoms with Crippen LogP contribution >= 0.6 is 0 Å². The van der Waals surface area contributed by atoms with Crippen molar-refractivity contribution in [1.29, 1.82) is 0 Å². The maximum Gasteiger partial charge on any atom is 0.253 e. The summed E-state index contributed by atoms with van der Waals surface area (Å²) in [7, 11) is 0. The second-order valence-corrected chi connectivity index (χ2v) is 6.46. The Labute approximate surface area is 154 Å². The first-order chi connectivity index (χ1) is 13.0. The average molecular weight is 363 g/mol. The van der Waals surface area contributed by atoms with Gasteiger partial charge >= 0.3 is 0 Å². The fourth-order valence-electron chi connectivity index (χ4n) is 3.39. The number of amides is 1. The first kappa shape index (κ1) is 17.0. The Morgan fingerprint density at radius 1 is 1.15 bits per heavy atom. The van der Waals surface area contributed by atoms with Gasteiger partial charge in [0.15, 0.2) is 0 Å². The van der Waals surface area contributed by atoms with Gasteiger partial charge in [0.1, 0.15) is 5.82 Å². The third-order valence-corrected chi connectivity index (χ3v) is 4.71. The Hall–Kier alpha value is -3.41. The third-order valence-electron chi connectivity index (χ3n) is 4.71. The number of halogens is 1. The number of carbonyl (C=O) groups is 2. The highest BCUT2D eigenvalue weighted by molar-refractivity contribution is 6.09.